The van der Waals surface area contributed by atoms with Crippen molar-refractivity contribution in [1.82, 2.24) is 4.90 Å². The number of carbonyl (C=O) groups excluding carboxylic acids is 2. The van der Waals surface area contributed by atoms with E-state index in [9.17, 15) is 9.59 Å². The van der Waals surface area contributed by atoms with Gasteiger partial charge in [0.2, 0.25) is 5.91 Å². The average molecular weight is 233 g/mol. The van der Waals surface area contributed by atoms with Gasteiger partial charge in [-0.2, -0.15) is 0 Å². The van der Waals surface area contributed by atoms with Crippen LogP contribution in [0.4, 0.5) is 0 Å². The topological polar surface area (TPSA) is 46.6 Å². The highest BCUT2D eigenvalue weighted by molar-refractivity contribution is 5.93. The van der Waals surface area contributed by atoms with Crippen LogP contribution in [0.25, 0.3) is 0 Å². The van der Waals surface area contributed by atoms with E-state index in [-0.39, 0.29) is 29.9 Å². The number of ketones is 1. The van der Waals surface area contributed by atoms with Crippen molar-refractivity contribution in [3.8, 4) is 0 Å². The molecule has 0 N–H and O–H groups in total. The summed E-state index contributed by atoms with van der Waals surface area (Å²) in [6, 6.07) is -0.0672. The molecule has 4 aliphatic rings. The zero-order chi connectivity index (χ0) is 11.6. The fourth-order valence-electron chi connectivity index (χ4n) is 3.94. The molecule has 0 radical (unpaired) electrons. The van der Waals surface area contributed by atoms with Crippen LogP contribution < -0.4 is 0 Å². The molecule has 90 valence electrons. The van der Waals surface area contributed by atoms with Crippen molar-refractivity contribution in [2.24, 2.45) is 0 Å². The SMILES string of the molecule is O=C1C[C@H]2C=C[C@]3(CC[C@@H]4CCC(=O)N4[C@@H]13)O2. The largest absolute Gasteiger partial charge is 0.361 e. The Morgan fingerprint density at radius 1 is 1.35 bits per heavy atom. The zero-order valence-corrected chi connectivity index (χ0v) is 9.59. The standard InChI is InChI=1S/C13H15NO3/c15-10-7-9-4-6-13(17-9)5-3-8-1-2-11(16)14(8)12(10)13/h4,6,8-9,12H,1-3,5,7H2/t8-,9+,12-,13-/m0/s1. The summed E-state index contributed by atoms with van der Waals surface area (Å²) in [6.45, 7) is 0. The van der Waals surface area contributed by atoms with Gasteiger partial charge in [0.15, 0.2) is 5.78 Å². The normalized spacial score (nSPS) is 47.3. The first kappa shape index (κ1) is 9.83. The average Bonchev–Trinajstić information content (AvgIpc) is 2.83. The van der Waals surface area contributed by atoms with E-state index in [0.717, 1.165) is 19.3 Å². The molecule has 0 aromatic rings. The first-order chi connectivity index (χ1) is 8.20. The van der Waals surface area contributed by atoms with Gasteiger partial charge in [0.1, 0.15) is 11.6 Å². The molecule has 0 aromatic carbocycles. The number of ether oxygens (including phenoxy) is 1. The molecule has 17 heavy (non-hydrogen) atoms. The number of Topliss-reactive ketones (excluding diaryl/α,β-unsaturated/α-hetero) is 1. The van der Waals surface area contributed by atoms with Crippen LogP contribution in [0.2, 0.25) is 0 Å². The lowest BCUT2D eigenvalue weighted by Gasteiger charge is -2.50. The van der Waals surface area contributed by atoms with Crippen LogP contribution in [0.5, 0.6) is 0 Å². The maximum absolute atomic E-state index is 12.3. The third-order valence-corrected chi connectivity index (χ3v) is 4.65. The fourth-order valence-corrected chi connectivity index (χ4v) is 3.94. The first-order valence-electron chi connectivity index (χ1n) is 6.41. The maximum atomic E-state index is 12.3. The van der Waals surface area contributed by atoms with Crippen LogP contribution in [-0.2, 0) is 14.3 Å². The Labute approximate surface area is 99.6 Å². The lowest BCUT2D eigenvalue weighted by atomic mass is 9.79. The number of rotatable bonds is 0. The predicted molar refractivity (Wildman–Crippen MR) is 59.3 cm³/mol. The van der Waals surface area contributed by atoms with Crippen LogP contribution in [0.15, 0.2) is 12.2 Å². The van der Waals surface area contributed by atoms with Crippen molar-refractivity contribution in [2.75, 3.05) is 0 Å². The molecule has 4 nitrogen and oxygen atoms in total. The Kier molecular flexibility index (Phi) is 1.73. The molecule has 0 aliphatic carbocycles. The van der Waals surface area contributed by atoms with E-state index in [4.69, 9.17) is 4.74 Å². The number of hydrogen-bond acceptors (Lipinski definition) is 3. The van der Waals surface area contributed by atoms with Gasteiger partial charge in [0, 0.05) is 18.9 Å². The highest BCUT2D eigenvalue weighted by atomic mass is 16.5. The molecule has 1 spiro atoms. The Hall–Kier alpha value is -1.16. The monoisotopic (exact) mass is 233 g/mol. The summed E-state index contributed by atoms with van der Waals surface area (Å²) in [6.07, 6.45) is 7.77. The van der Waals surface area contributed by atoms with E-state index in [1.54, 1.807) is 0 Å². The van der Waals surface area contributed by atoms with Crippen LogP contribution in [0.3, 0.4) is 0 Å². The molecule has 0 unspecified atom stereocenters. The predicted octanol–water partition coefficient (Wildman–Crippen LogP) is 0.806. The summed E-state index contributed by atoms with van der Waals surface area (Å²) >= 11 is 0. The molecule has 4 rings (SSSR count). The van der Waals surface area contributed by atoms with Gasteiger partial charge in [-0.1, -0.05) is 12.2 Å². The van der Waals surface area contributed by atoms with Crippen LogP contribution >= 0.6 is 0 Å². The van der Waals surface area contributed by atoms with Gasteiger partial charge >= 0.3 is 0 Å². The lowest BCUT2D eigenvalue weighted by molar-refractivity contribution is -0.173. The highest BCUT2D eigenvalue weighted by Crippen LogP contribution is 2.47. The van der Waals surface area contributed by atoms with Crippen molar-refractivity contribution in [1.29, 1.82) is 0 Å². The highest BCUT2D eigenvalue weighted by Gasteiger charge is 2.59. The van der Waals surface area contributed by atoms with Crippen LogP contribution in [-0.4, -0.2) is 40.4 Å². The Bertz CT molecular complexity index is 444. The van der Waals surface area contributed by atoms with Crippen molar-refractivity contribution < 1.29 is 14.3 Å². The van der Waals surface area contributed by atoms with Crippen molar-refractivity contribution in [2.45, 2.75) is 55.9 Å². The summed E-state index contributed by atoms with van der Waals surface area (Å²) in [4.78, 5) is 26.1. The summed E-state index contributed by atoms with van der Waals surface area (Å²) < 4.78 is 5.99. The van der Waals surface area contributed by atoms with E-state index in [2.05, 4.69) is 0 Å². The molecule has 3 saturated heterocycles. The van der Waals surface area contributed by atoms with Gasteiger partial charge in [0.25, 0.3) is 0 Å². The van der Waals surface area contributed by atoms with Gasteiger partial charge in [-0.05, 0) is 19.3 Å². The minimum Gasteiger partial charge on any atom is -0.361 e. The van der Waals surface area contributed by atoms with E-state index in [1.165, 1.54) is 0 Å². The third-order valence-electron chi connectivity index (χ3n) is 4.65. The number of carbonyl (C=O) groups is 2. The van der Waals surface area contributed by atoms with Crippen molar-refractivity contribution in [3.63, 3.8) is 0 Å². The van der Waals surface area contributed by atoms with Gasteiger partial charge in [0.05, 0.1) is 6.10 Å². The molecule has 2 bridgehead atoms. The van der Waals surface area contributed by atoms with Gasteiger partial charge in [-0.25, -0.2) is 0 Å². The van der Waals surface area contributed by atoms with Gasteiger partial charge in [-0.3, -0.25) is 9.59 Å². The molecule has 1 amide bonds. The Morgan fingerprint density at radius 2 is 2.24 bits per heavy atom. The zero-order valence-electron chi connectivity index (χ0n) is 9.59. The van der Waals surface area contributed by atoms with Crippen molar-refractivity contribution >= 4 is 11.7 Å². The van der Waals surface area contributed by atoms with E-state index in [0.29, 0.717) is 12.8 Å². The summed E-state index contributed by atoms with van der Waals surface area (Å²) in [5.74, 6) is 0.320. The minimum atomic E-state index is -0.490. The lowest BCUT2D eigenvalue weighted by Crippen LogP contribution is -2.65. The Balaban J connectivity index is 1.80. The molecular formula is C13H15NO3. The number of fused-ring (bicyclic) bond motifs is 3. The van der Waals surface area contributed by atoms with Gasteiger partial charge in [-0.15, -0.1) is 0 Å². The quantitative estimate of drug-likeness (QED) is 0.582. The molecular weight excluding hydrogens is 218 g/mol. The second kappa shape index (κ2) is 2.99. The minimum absolute atomic E-state index is 0.0481. The molecule has 0 aromatic heterocycles. The fraction of sp³-hybridized carbons (Fsp3) is 0.692. The second-order valence-corrected chi connectivity index (χ2v) is 5.58. The first-order valence-corrected chi connectivity index (χ1v) is 6.41. The Morgan fingerprint density at radius 3 is 3.12 bits per heavy atom. The number of nitrogens with zero attached hydrogens (tertiary/aromatic N) is 1. The molecule has 4 atom stereocenters. The molecule has 4 heteroatoms. The number of piperidine rings is 1. The van der Waals surface area contributed by atoms with E-state index < -0.39 is 5.60 Å². The number of amides is 1. The van der Waals surface area contributed by atoms with E-state index >= 15 is 0 Å². The van der Waals surface area contributed by atoms with Crippen LogP contribution in [0.1, 0.15) is 32.1 Å². The third kappa shape index (κ3) is 1.12. The number of hydrogen-bond donors (Lipinski definition) is 0. The second-order valence-electron chi connectivity index (χ2n) is 5.58. The summed E-state index contributed by atoms with van der Waals surface area (Å²) in [5, 5.41) is 0. The maximum Gasteiger partial charge on any atom is 0.223 e. The molecule has 3 fully saturated rings. The molecule has 4 aliphatic heterocycles. The van der Waals surface area contributed by atoms with Crippen molar-refractivity contribution in [3.05, 3.63) is 12.2 Å². The van der Waals surface area contributed by atoms with Crippen LogP contribution in [0, 0.1) is 0 Å². The molecule has 0 saturated carbocycles. The van der Waals surface area contributed by atoms with E-state index in [1.807, 2.05) is 17.1 Å². The molecule has 4 heterocycles. The van der Waals surface area contributed by atoms with Gasteiger partial charge < -0.3 is 9.64 Å². The summed E-state index contributed by atoms with van der Waals surface area (Å²) in [7, 11) is 0. The summed E-state index contributed by atoms with van der Waals surface area (Å²) in [5.41, 5.74) is -0.490. The smallest absolute Gasteiger partial charge is 0.223 e.